The van der Waals surface area contributed by atoms with Crippen LogP contribution in [0.4, 0.5) is 11.4 Å². The van der Waals surface area contributed by atoms with E-state index in [2.05, 4.69) is 41.8 Å². The SMILES string of the molecule is Cc1ccc(N2C(=O)C(c3ccccc3)=C(N3CCN(c4cccc(C)c4C)CC3)C2=O)cc1. The molecule has 5 nitrogen and oxygen atoms in total. The first-order chi connectivity index (χ1) is 16.5. The lowest BCUT2D eigenvalue weighted by Gasteiger charge is -2.38. The monoisotopic (exact) mass is 451 g/mol. The van der Waals surface area contributed by atoms with E-state index in [1.165, 1.54) is 21.7 Å². The van der Waals surface area contributed by atoms with Gasteiger partial charge in [0.1, 0.15) is 5.70 Å². The summed E-state index contributed by atoms with van der Waals surface area (Å²) in [5.74, 6) is -0.500. The van der Waals surface area contributed by atoms with Crippen LogP contribution < -0.4 is 9.80 Å². The van der Waals surface area contributed by atoms with Crippen LogP contribution in [0.2, 0.25) is 0 Å². The van der Waals surface area contributed by atoms with E-state index in [0.29, 0.717) is 30.0 Å². The first-order valence-corrected chi connectivity index (χ1v) is 11.8. The van der Waals surface area contributed by atoms with Crippen molar-refractivity contribution in [2.24, 2.45) is 0 Å². The highest BCUT2D eigenvalue weighted by molar-refractivity contribution is 6.45. The quantitative estimate of drug-likeness (QED) is 0.539. The molecule has 5 heteroatoms. The van der Waals surface area contributed by atoms with Crippen molar-refractivity contribution in [3.8, 4) is 0 Å². The highest BCUT2D eigenvalue weighted by Crippen LogP contribution is 2.35. The van der Waals surface area contributed by atoms with Crippen molar-refractivity contribution in [1.29, 1.82) is 0 Å². The fraction of sp³-hybridized carbons (Fsp3) is 0.241. The fourth-order valence-corrected chi connectivity index (χ4v) is 4.85. The zero-order chi connectivity index (χ0) is 23.8. The molecular formula is C29H29N3O2. The normalized spacial score (nSPS) is 16.6. The summed E-state index contributed by atoms with van der Waals surface area (Å²) in [7, 11) is 0. The number of amides is 2. The van der Waals surface area contributed by atoms with Gasteiger partial charge in [0.25, 0.3) is 11.8 Å². The van der Waals surface area contributed by atoms with Crippen LogP contribution in [-0.2, 0) is 9.59 Å². The van der Waals surface area contributed by atoms with Crippen LogP contribution in [0.3, 0.4) is 0 Å². The second kappa shape index (κ2) is 8.82. The molecule has 0 bridgehead atoms. The van der Waals surface area contributed by atoms with Crippen LogP contribution in [-0.4, -0.2) is 42.9 Å². The van der Waals surface area contributed by atoms with Crippen LogP contribution in [0.25, 0.3) is 5.57 Å². The van der Waals surface area contributed by atoms with Crippen LogP contribution in [0.1, 0.15) is 22.3 Å². The van der Waals surface area contributed by atoms with Crippen LogP contribution in [0.15, 0.2) is 78.5 Å². The standard InChI is InChI=1S/C29H29N3O2/c1-20-12-14-24(15-13-20)32-28(33)26(23-9-5-4-6-10-23)27(29(32)34)31-18-16-30(17-19-31)25-11-7-8-21(2)22(25)3/h4-15H,16-19H2,1-3H3. The highest BCUT2D eigenvalue weighted by Gasteiger charge is 2.43. The highest BCUT2D eigenvalue weighted by atomic mass is 16.2. The van der Waals surface area contributed by atoms with E-state index in [1.54, 1.807) is 0 Å². The number of imide groups is 1. The van der Waals surface area contributed by atoms with Gasteiger partial charge in [-0.1, -0.05) is 60.2 Å². The molecule has 0 spiro atoms. The zero-order valence-electron chi connectivity index (χ0n) is 19.9. The first kappa shape index (κ1) is 22.0. The van der Waals surface area contributed by atoms with Gasteiger partial charge in [-0.3, -0.25) is 9.59 Å². The molecule has 1 saturated heterocycles. The Morgan fingerprint density at radius 3 is 1.97 bits per heavy atom. The summed E-state index contributed by atoms with van der Waals surface area (Å²) in [6, 6.07) is 23.5. The second-order valence-corrected chi connectivity index (χ2v) is 9.06. The molecule has 2 aliphatic heterocycles. The van der Waals surface area contributed by atoms with Crippen molar-refractivity contribution < 1.29 is 9.59 Å². The molecule has 1 fully saturated rings. The van der Waals surface area contributed by atoms with Gasteiger partial charge in [0.05, 0.1) is 11.3 Å². The van der Waals surface area contributed by atoms with Gasteiger partial charge < -0.3 is 9.80 Å². The lowest BCUT2D eigenvalue weighted by atomic mass is 10.0. The largest absolute Gasteiger partial charge is 0.368 e. The lowest BCUT2D eigenvalue weighted by Crippen LogP contribution is -2.48. The van der Waals surface area contributed by atoms with E-state index >= 15 is 0 Å². The Hall–Kier alpha value is -3.86. The van der Waals surface area contributed by atoms with Crippen molar-refractivity contribution in [2.45, 2.75) is 20.8 Å². The number of aryl methyl sites for hydroxylation is 2. The van der Waals surface area contributed by atoms with Crippen molar-refractivity contribution in [2.75, 3.05) is 36.0 Å². The molecule has 0 aromatic heterocycles. The number of hydrogen-bond acceptors (Lipinski definition) is 4. The molecule has 3 aromatic rings. The third kappa shape index (κ3) is 3.77. The number of piperazine rings is 1. The number of carbonyl (C=O) groups excluding carboxylic acids is 2. The summed E-state index contributed by atoms with van der Waals surface area (Å²) in [6.45, 7) is 9.23. The lowest BCUT2D eigenvalue weighted by molar-refractivity contribution is -0.120. The van der Waals surface area contributed by atoms with Crippen molar-refractivity contribution in [3.05, 3.63) is 101 Å². The third-order valence-electron chi connectivity index (χ3n) is 6.93. The summed E-state index contributed by atoms with van der Waals surface area (Å²) in [5, 5.41) is 0. The molecular weight excluding hydrogens is 422 g/mol. The first-order valence-electron chi connectivity index (χ1n) is 11.8. The van der Waals surface area contributed by atoms with Gasteiger partial charge in [-0.2, -0.15) is 0 Å². The number of anilines is 2. The number of carbonyl (C=O) groups is 2. The maximum absolute atomic E-state index is 13.7. The minimum Gasteiger partial charge on any atom is -0.368 e. The van der Waals surface area contributed by atoms with E-state index in [9.17, 15) is 9.59 Å². The smallest absolute Gasteiger partial charge is 0.282 e. The van der Waals surface area contributed by atoms with Gasteiger partial charge >= 0.3 is 0 Å². The van der Waals surface area contributed by atoms with Gasteiger partial charge in [-0.15, -0.1) is 0 Å². The summed E-state index contributed by atoms with van der Waals surface area (Å²) < 4.78 is 0. The predicted molar refractivity (Wildman–Crippen MR) is 137 cm³/mol. The number of benzene rings is 3. The Bertz CT molecular complexity index is 1270. The molecule has 2 aliphatic rings. The van der Waals surface area contributed by atoms with Crippen molar-refractivity contribution in [3.63, 3.8) is 0 Å². The van der Waals surface area contributed by atoms with Crippen LogP contribution >= 0.6 is 0 Å². The van der Waals surface area contributed by atoms with Gasteiger partial charge in [-0.05, 0) is 55.7 Å². The van der Waals surface area contributed by atoms with Gasteiger partial charge in [0, 0.05) is 31.9 Å². The fourth-order valence-electron chi connectivity index (χ4n) is 4.85. The molecule has 2 heterocycles. The van der Waals surface area contributed by atoms with E-state index in [0.717, 1.165) is 24.2 Å². The molecule has 2 amide bonds. The van der Waals surface area contributed by atoms with Crippen molar-refractivity contribution in [1.82, 2.24) is 4.90 Å². The Morgan fingerprint density at radius 2 is 1.29 bits per heavy atom. The minimum absolute atomic E-state index is 0.243. The average molecular weight is 452 g/mol. The van der Waals surface area contributed by atoms with Gasteiger partial charge in [0.2, 0.25) is 0 Å². The van der Waals surface area contributed by atoms with Crippen LogP contribution in [0, 0.1) is 20.8 Å². The summed E-state index contributed by atoms with van der Waals surface area (Å²) in [4.78, 5) is 33.2. The molecule has 0 unspecified atom stereocenters. The molecule has 0 atom stereocenters. The maximum Gasteiger partial charge on any atom is 0.282 e. The molecule has 34 heavy (non-hydrogen) atoms. The van der Waals surface area contributed by atoms with Crippen molar-refractivity contribution >= 4 is 28.8 Å². The average Bonchev–Trinajstić information content (AvgIpc) is 3.12. The Kier molecular flexibility index (Phi) is 5.70. The zero-order valence-corrected chi connectivity index (χ0v) is 19.9. The van der Waals surface area contributed by atoms with E-state index < -0.39 is 0 Å². The van der Waals surface area contributed by atoms with Gasteiger partial charge in [0.15, 0.2) is 0 Å². The molecule has 0 saturated carbocycles. The van der Waals surface area contributed by atoms with E-state index in [1.807, 2.05) is 61.5 Å². The number of hydrogen-bond donors (Lipinski definition) is 0. The molecule has 0 radical (unpaired) electrons. The second-order valence-electron chi connectivity index (χ2n) is 9.06. The molecule has 5 rings (SSSR count). The Morgan fingerprint density at radius 1 is 0.647 bits per heavy atom. The Balaban J connectivity index is 1.48. The van der Waals surface area contributed by atoms with Crippen LogP contribution in [0.5, 0.6) is 0 Å². The van der Waals surface area contributed by atoms with E-state index in [-0.39, 0.29) is 11.8 Å². The predicted octanol–water partition coefficient (Wildman–Crippen LogP) is 4.72. The topological polar surface area (TPSA) is 43.9 Å². The number of rotatable bonds is 4. The summed E-state index contributed by atoms with van der Waals surface area (Å²) >= 11 is 0. The molecule has 3 aromatic carbocycles. The Labute approximate surface area is 200 Å². The molecule has 0 aliphatic carbocycles. The molecule has 172 valence electrons. The summed E-state index contributed by atoms with van der Waals surface area (Å²) in [5.41, 5.74) is 7.29. The van der Waals surface area contributed by atoms with Gasteiger partial charge in [-0.25, -0.2) is 4.90 Å². The maximum atomic E-state index is 13.7. The summed E-state index contributed by atoms with van der Waals surface area (Å²) in [6.07, 6.45) is 0. The molecule has 0 N–H and O–H groups in total. The minimum atomic E-state index is -0.257. The third-order valence-corrected chi connectivity index (χ3v) is 6.93. The number of nitrogens with zero attached hydrogens (tertiary/aromatic N) is 3. The van der Waals surface area contributed by atoms with E-state index in [4.69, 9.17) is 0 Å².